The second kappa shape index (κ2) is 3.67. The number of rotatable bonds is 1. The molecule has 0 radical (unpaired) electrons. The highest BCUT2D eigenvalue weighted by molar-refractivity contribution is 7.21. The summed E-state index contributed by atoms with van der Waals surface area (Å²) in [5.41, 5.74) is 0.329. The maximum Gasteiger partial charge on any atom is 0.337 e. The van der Waals surface area contributed by atoms with Gasteiger partial charge in [0.15, 0.2) is 0 Å². The highest BCUT2D eigenvalue weighted by Crippen LogP contribution is 2.36. The average Bonchev–Trinajstić information content (AvgIpc) is 2.66. The molecule has 0 N–H and O–H groups in total. The molecule has 2 aromatic rings. The first-order valence-corrected chi connectivity index (χ1v) is 4.93. The van der Waals surface area contributed by atoms with E-state index in [0.717, 1.165) is 0 Å². The van der Waals surface area contributed by atoms with Crippen LogP contribution in [0.4, 0.5) is 5.69 Å². The Morgan fingerprint density at radius 2 is 2.47 bits per heavy atom. The van der Waals surface area contributed by atoms with Gasteiger partial charge in [-0.1, -0.05) is 6.07 Å². The molecule has 5 heteroatoms. The number of esters is 1. The van der Waals surface area contributed by atoms with Gasteiger partial charge in [0.1, 0.15) is 9.71 Å². The summed E-state index contributed by atoms with van der Waals surface area (Å²) in [5.74, 6) is -0.482. The predicted molar refractivity (Wildman–Crippen MR) is 57.2 cm³/mol. The number of methoxy groups -OCH3 is 1. The molecule has 15 heavy (non-hydrogen) atoms. The van der Waals surface area contributed by atoms with Gasteiger partial charge in [0.05, 0.1) is 13.7 Å². The maximum absolute atomic E-state index is 11.4. The molecule has 0 unspecified atom stereocenters. The molecule has 0 spiro atoms. The summed E-state index contributed by atoms with van der Waals surface area (Å²) in [4.78, 5) is 19.8. The molecular formula is C10H6N2O2S. The summed E-state index contributed by atoms with van der Waals surface area (Å²) in [5, 5.41) is 0.706. The zero-order chi connectivity index (χ0) is 10.8. The van der Waals surface area contributed by atoms with Gasteiger partial charge in [-0.15, -0.1) is 11.3 Å². The summed E-state index contributed by atoms with van der Waals surface area (Å²) in [6.07, 6.45) is 1.63. The van der Waals surface area contributed by atoms with Crippen LogP contribution in [0, 0.1) is 6.57 Å². The largest absolute Gasteiger partial charge is 0.466 e. The van der Waals surface area contributed by atoms with Crippen LogP contribution >= 0.6 is 11.3 Å². The fourth-order valence-corrected chi connectivity index (χ4v) is 2.26. The van der Waals surface area contributed by atoms with Crippen LogP contribution in [-0.2, 0) is 4.74 Å². The molecule has 74 valence electrons. The number of aromatic nitrogens is 1. The molecule has 0 bridgehead atoms. The van der Waals surface area contributed by atoms with Gasteiger partial charge in [0.25, 0.3) is 0 Å². The number of ether oxygens (including phenoxy) is 1. The van der Waals surface area contributed by atoms with Crippen molar-refractivity contribution in [3.8, 4) is 0 Å². The van der Waals surface area contributed by atoms with E-state index >= 15 is 0 Å². The number of carbonyl (C=O) groups excluding carboxylic acids is 1. The topological polar surface area (TPSA) is 43.5 Å². The molecule has 0 fully saturated rings. The lowest BCUT2D eigenvalue weighted by molar-refractivity contribution is 0.0607. The van der Waals surface area contributed by atoms with Crippen LogP contribution in [0.1, 0.15) is 9.67 Å². The van der Waals surface area contributed by atoms with Crippen molar-refractivity contribution in [3.05, 3.63) is 34.6 Å². The van der Waals surface area contributed by atoms with Crippen molar-refractivity contribution in [1.29, 1.82) is 0 Å². The first-order chi connectivity index (χ1) is 7.27. The predicted octanol–water partition coefficient (Wildman–Crippen LogP) is 2.63. The van der Waals surface area contributed by atoms with Gasteiger partial charge < -0.3 is 4.74 Å². The molecule has 0 atom stereocenters. The van der Waals surface area contributed by atoms with Crippen LogP contribution in [0.15, 0.2) is 18.3 Å². The Morgan fingerprint density at radius 3 is 3.13 bits per heavy atom. The van der Waals surface area contributed by atoms with Crippen molar-refractivity contribution in [2.75, 3.05) is 7.11 Å². The summed E-state index contributed by atoms with van der Waals surface area (Å²) in [6.45, 7) is 7.05. The van der Waals surface area contributed by atoms with Gasteiger partial charge in [0, 0.05) is 11.6 Å². The van der Waals surface area contributed by atoms with Crippen molar-refractivity contribution < 1.29 is 9.53 Å². The zero-order valence-corrected chi connectivity index (χ0v) is 8.67. The monoisotopic (exact) mass is 218 g/mol. The fourth-order valence-electron chi connectivity index (χ4n) is 1.26. The third-order valence-corrected chi connectivity index (χ3v) is 3.01. The van der Waals surface area contributed by atoms with E-state index in [2.05, 4.69) is 14.6 Å². The summed E-state index contributed by atoms with van der Waals surface area (Å²) in [6, 6.07) is 3.52. The highest BCUT2D eigenvalue weighted by atomic mass is 32.1. The van der Waals surface area contributed by atoms with Gasteiger partial charge >= 0.3 is 5.97 Å². The van der Waals surface area contributed by atoms with Crippen molar-refractivity contribution in [2.45, 2.75) is 0 Å². The minimum Gasteiger partial charge on any atom is -0.466 e. The summed E-state index contributed by atoms with van der Waals surface area (Å²) < 4.78 is 4.61. The lowest BCUT2D eigenvalue weighted by atomic mass is 10.3. The Kier molecular flexibility index (Phi) is 2.35. The van der Waals surface area contributed by atoms with Crippen LogP contribution in [-0.4, -0.2) is 18.1 Å². The number of hydrogen-bond donors (Lipinski definition) is 0. The lowest BCUT2D eigenvalue weighted by Gasteiger charge is -1.93. The molecule has 0 aliphatic rings. The van der Waals surface area contributed by atoms with Gasteiger partial charge in [-0.2, -0.15) is 0 Å². The van der Waals surface area contributed by atoms with Crippen molar-refractivity contribution in [3.63, 3.8) is 0 Å². The smallest absolute Gasteiger partial charge is 0.337 e. The fraction of sp³-hybridized carbons (Fsp3) is 0.100. The Labute approximate surface area is 89.9 Å². The average molecular weight is 218 g/mol. The van der Waals surface area contributed by atoms with Gasteiger partial charge in [0.2, 0.25) is 5.69 Å². The van der Waals surface area contributed by atoms with Gasteiger partial charge in [-0.3, -0.25) is 0 Å². The second-order valence-electron chi connectivity index (χ2n) is 2.74. The normalized spacial score (nSPS) is 9.87. The summed E-state index contributed by atoms with van der Waals surface area (Å²) in [7, 11) is 1.30. The van der Waals surface area contributed by atoms with Crippen molar-refractivity contribution in [1.82, 2.24) is 4.98 Å². The molecule has 2 aromatic heterocycles. The van der Waals surface area contributed by atoms with E-state index in [1.165, 1.54) is 18.4 Å². The number of hydrogen-bond acceptors (Lipinski definition) is 4. The van der Waals surface area contributed by atoms with E-state index in [4.69, 9.17) is 6.57 Å². The highest BCUT2D eigenvalue weighted by Gasteiger charge is 2.19. The molecule has 0 saturated heterocycles. The standard InChI is InChI=1S/C10H6N2O2S/c1-11-7-6-4-3-5-12-9(6)15-8(7)10(13)14-2/h3-5H,2H3. The van der Waals surface area contributed by atoms with Crippen LogP contribution in [0.2, 0.25) is 0 Å². The molecule has 4 nitrogen and oxygen atoms in total. The number of nitrogens with zero attached hydrogens (tertiary/aromatic N) is 2. The van der Waals surface area contributed by atoms with Crippen LogP contribution in [0.5, 0.6) is 0 Å². The van der Waals surface area contributed by atoms with Crippen LogP contribution in [0.25, 0.3) is 15.1 Å². The zero-order valence-electron chi connectivity index (χ0n) is 7.85. The Balaban J connectivity index is 2.76. The van der Waals surface area contributed by atoms with E-state index in [0.29, 0.717) is 20.8 Å². The SMILES string of the molecule is [C-]#[N+]c1c(C(=O)OC)sc2ncccc12. The number of carbonyl (C=O) groups is 1. The maximum atomic E-state index is 11.4. The minimum atomic E-state index is -0.482. The van der Waals surface area contributed by atoms with E-state index in [1.54, 1.807) is 18.3 Å². The van der Waals surface area contributed by atoms with Crippen molar-refractivity contribution >= 4 is 33.2 Å². The van der Waals surface area contributed by atoms with E-state index in [1.807, 2.05) is 0 Å². The van der Waals surface area contributed by atoms with Gasteiger partial charge in [-0.25, -0.2) is 14.6 Å². The number of fused-ring (bicyclic) bond motifs is 1. The van der Waals surface area contributed by atoms with E-state index < -0.39 is 5.97 Å². The van der Waals surface area contributed by atoms with Crippen LogP contribution < -0.4 is 0 Å². The minimum absolute atomic E-state index is 0.321. The lowest BCUT2D eigenvalue weighted by Crippen LogP contribution is -1.97. The number of pyridine rings is 1. The molecular weight excluding hydrogens is 212 g/mol. The molecule has 2 rings (SSSR count). The Bertz CT molecular complexity index is 568. The van der Waals surface area contributed by atoms with Crippen LogP contribution in [0.3, 0.4) is 0 Å². The molecule has 0 amide bonds. The first-order valence-electron chi connectivity index (χ1n) is 4.11. The van der Waals surface area contributed by atoms with Crippen molar-refractivity contribution in [2.24, 2.45) is 0 Å². The van der Waals surface area contributed by atoms with Gasteiger partial charge in [-0.05, 0) is 6.07 Å². The quantitative estimate of drug-likeness (QED) is 0.546. The third kappa shape index (κ3) is 1.45. The first kappa shape index (κ1) is 9.62. The molecule has 0 saturated carbocycles. The third-order valence-electron chi connectivity index (χ3n) is 1.92. The molecule has 0 aliphatic heterocycles. The van der Waals surface area contributed by atoms with E-state index in [-0.39, 0.29) is 0 Å². The number of thiophene rings is 1. The molecule has 2 heterocycles. The van der Waals surface area contributed by atoms with E-state index in [9.17, 15) is 4.79 Å². The Morgan fingerprint density at radius 1 is 1.67 bits per heavy atom. The summed E-state index contributed by atoms with van der Waals surface area (Å²) >= 11 is 1.18. The molecule has 0 aromatic carbocycles. The Hall–Kier alpha value is -1.93. The second-order valence-corrected chi connectivity index (χ2v) is 3.74. The molecule has 0 aliphatic carbocycles.